The maximum absolute atomic E-state index is 11.6. The average Bonchev–Trinajstić information content (AvgIpc) is 2.47. The number of methoxy groups -OCH3 is 1. The fraction of sp³-hybridized carbons (Fsp3) is 0.312. The van der Waals surface area contributed by atoms with Gasteiger partial charge in [0, 0.05) is 0 Å². The van der Waals surface area contributed by atoms with Crippen molar-refractivity contribution >= 4 is 16.7 Å². The molecule has 0 aliphatic heterocycles. The number of rotatable bonds is 4. The SMILES string of the molecule is CCC(C(=O)OC)C(O)c1ccc2ccccc2c1. The van der Waals surface area contributed by atoms with E-state index < -0.39 is 12.0 Å². The van der Waals surface area contributed by atoms with Crippen LogP contribution in [-0.2, 0) is 9.53 Å². The Balaban J connectivity index is 2.34. The van der Waals surface area contributed by atoms with E-state index in [-0.39, 0.29) is 5.97 Å². The molecule has 0 aliphatic carbocycles. The van der Waals surface area contributed by atoms with Gasteiger partial charge in [-0.2, -0.15) is 0 Å². The third kappa shape index (κ3) is 2.76. The van der Waals surface area contributed by atoms with Crippen LogP contribution in [0.1, 0.15) is 25.0 Å². The molecular formula is C16H18O3. The van der Waals surface area contributed by atoms with E-state index in [1.807, 2.05) is 49.4 Å². The number of ether oxygens (including phenoxy) is 1. The molecule has 3 nitrogen and oxygen atoms in total. The fourth-order valence-electron chi connectivity index (χ4n) is 2.29. The predicted molar refractivity (Wildman–Crippen MR) is 74.7 cm³/mol. The Bertz CT molecular complexity index is 577. The first kappa shape index (κ1) is 13.6. The first-order valence-corrected chi connectivity index (χ1v) is 6.42. The molecule has 0 aromatic heterocycles. The van der Waals surface area contributed by atoms with Crippen molar-refractivity contribution in [3.63, 3.8) is 0 Å². The zero-order valence-electron chi connectivity index (χ0n) is 11.2. The molecule has 1 N–H and O–H groups in total. The fourth-order valence-corrected chi connectivity index (χ4v) is 2.29. The van der Waals surface area contributed by atoms with Crippen LogP contribution in [0.15, 0.2) is 42.5 Å². The number of carbonyl (C=O) groups is 1. The molecule has 0 amide bonds. The van der Waals surface area contributed by atoms with Gasteiger partial charge in [-0.05, 0) is 28.8 Å². The molecule has 0 saturated carbocycles. The van der Waals surface area contributed by atoms with Gasteiger partial charge in [0.05, 0.1) is 19.1 Å². The molecule has 0 radical (unpaired) electrons. The van der Waals surface area contributed by atoms with E-state index in [9.17, 15) is 9.90 Å². The van der Waals surface area contributed by atoms with Crippen molar-refractivity contribution in [2.24, 2.45) is 5.92 Å². The summed E-state index contributed by atoms with van der Waals surface area (Å²) in [5.41, 5.74) is 0.746. The second kappa shape index (κ2) is 5.85. The maximum Gasteiger partial charge on any atom is 0.311 e. The minimum Gasteiger partial charge on any atom is -0.469 e. The number of fused-ring (bicyclic) bond motifs is 1. The number of esters is 1. The molecule has 0 bridgehead atoms. The van der Waals surface area contributed by atoms with Crippen molar-refractivity contribution in [2.45, 2.75) is 19.4 Å². The van der Waals surface area contributed by atoms with Crippen molar-refractivity contribution < 1.29 is 14.6 Å². The van der Waals surface area contributed by atoms with Gasteiger partial charge >= 0.3 is 5.97 Å². The molecule has 2 aromatic carbocycles. The summed E-state index contributed by atoms with van der Waals surface area (Å²) in [6.45, 7) is 1.87. The van der Waals surface area contributed by atoms with Crippen LogP contribution in [0.5, 0.6) is 0 Å². The van der Waals surface area contributed by atoms with Crippen LogP contribution in [-0.4, -0.2) is 18.2 Å². The summed E-state index contributed by atoms with van der Waals surface area (Å²) in [7, 11) is 1.35. The van der Waals surface area contributed by atoms with Gasteiger partial charge in [-0.15, -0.1) is 0 Å². The van der Waals surface area contributed by atoms with Crippen LogP contribution in [0.4, 0.5) is 0 Å². The van der Waals surface area contributed by atoms with Gasteiger partial charge in [0.2, 0.25) is 0 Å². The van der Waals surface area contributed by atoms with E-state index in [0.717, 1.165) is 16.3 Å². The molecule has 0 spiro atoms. The van der Waals surface area contributed by atoms with E-state index >= 15 is 0 Å². The Morgan fingerprint density at radius 3 is 2.53 bits per heavy atom. The quantitative estimate of drug-likeness (QED) is 0.857. The predicted octanol–water partition coefficient (Wildman–Crippen LogP) is 3.07. The summed E-state index contributed by atoms with van der Waals surface area (Å²) in [5.74, 6) is -0.894. The lowest BCUT2D eigenvalue weighted by Crippen LogP contribution is -2.22. The van der Waals surface area contributed by atoms with Crippen LogP contribution in [0.25, 0.3) is 10.8 Å². The van der Waals surface area contributed by atoms with Crippen LogP contribution >= 0.6 is 0 Å². The summed E-state index contributed by atoms with van der Waals surface area (Å²) in [4.78, 5) is 11.6. The number of aliphatic hydroxyl groups excluding tert-OH is 1. The first-order valence-electron chi connectivity index (χ1n) is 6.42. The van der Waals surface area contributed by atoms with Crippen molar-refractivity contribution in [2.75, 3.05) is 7.11 Å². The van der Waals surface area contributed by atoms with E-state index in [1.54, 1.807) is 0 Å². The summed E-state index contributed by atoms with van der Waals surface area (Å²) in [6, 6.07) is 13.7. The number of hydrogen-bond acceptors (Lipinski definition) is 3. The normalized spacial score (nSPS) is 14.1. The average molecular weight is 258 g/mol. The Morgan fingerprint density at radius 2 is 1.89 bits per heavy atom. The molecule has 2 aromatic rings. The summed E-state index contributed by atoms with van der Waals surface area (Å²) < 4.78 is 4.73. The highest BCUT2D eigenvalue weighted by Crippen LogP contribution is 2.28. The zero-order valence-corrected chi connectivity index (χ0v) is 11.2. The molecule has 0 aliphatic rings. The number of benzene rings is 2. The Kier molecular flexibility index (Phi) is 4.17. The Labute approximate surface area is 112 Å². The second-order valence-corrected chi connectivity index (χ2v) is 4.59. The summed E-state index contributed by atoms with van der Waals surface area (Å²) in [5, 5.41) is 12.5. The van der Waals surface area contributed by atoms with Crippen LogP contribution in [0.3, 0.4) is 0 Å². The molecular weight excluding hydrogens is 240 g/mol. The zero-order chi connectivity index (χ0) is 13.8. The minimum absolute atomic E-state index is 0.372. The van der Waals surface area contributed by atoms with Gasteiger partial charge in [0.25, 0.3) is 0 Å². The third-order valence-electron chi connectivity index (χ3n) is 3.44. The van der Waals surface area contributed by atoms with Crippen molar-refractivity contribution in [3.8, 4) is 0 Å². The van der Waals surface area contributed by atoms with E-state index in [4.69, 9.17) is 4.74 Å². The summed E-state index contributed by atoms with van der Waals surface area (Å²) in [6.07, 6.45) is -0.289. The molecule has 2 unspecified atom stereocenters. The van der Waals surface area contributed by atoms with E-state index in [2.05, 4.69) is 0 Å². The van der Waals surface area contributed by atoms with Crippen LogP contribution in [0, 0.1) is 5.92 Å². The van der Waals surface area contributed by atoms with Gasteiger partial charge < -0.3 is 9.84 Å². The monoisotopic (exact) mass is 258 g/mol. The van der Waals surface area contributed by atoms with Crippen LogP contribution < -0.4 is 0 Å². The van der Waals surface area contributed by atoms with Crippen molar-refractivity contribution in [1.29, 1.82) is 0 Å². The minimum atomic E-state index is -0.831. The number of carbonyl (C=O) groups excluding carboxylic acids is 1. The lowest BCUT2D eigenvalue weighted by Gasteiger charge is -2.20. The lowest BCUT2D eigenvalue weighted by atomic mass is 9.92. The largest absolute Gasteiger partial charge is 0.469 e. The molecule has 3 heteroatoms. The third-order valence-corrected chi connectivity index (χ3v) is 3.44. The topological polar surface area (TPSA) is 46.5 Å². The summed E-state index contributed by atoms with van der Waals surface area (Å²) >= 11 is 0. The van der Waals surface area contributed by atoms with Gasteiger partial charge in [-0.1, -0.05) is 43.3 Å². The standard InChI is InChI=1S/C16H18O3/c1-3-14(16(18)19-2)15(17)13-9-8-11-6-4-5-7-12(11)10-13/h4-10,14-15,17H,3H2,1-2H3. The number of aliphatic hydroxyl groups is 1. The molecule has 0 saturated heterocycles. The van der Waals surface area contributed by atoms with E-state index in [1.165, 1.54) is 7.11 Å². The smallest absolute Gasteiger partial charge is 0.311 e. The number of hydrogen-bond donors (Lipinski definition) is 1. The Morgan fingerprint density at radius 1 is 1.21 bits per heavy atom. The van der Waals surface area contributed by atoms with Gasteiger partial charge in [0.1, 0.15) is 0 Å². The Hall–Kier alpha value is -1.87. The van der Waals surface area contributed by atoms with Gasteiger partial charge in [-0.25, -0.2) is 0 Å². The second-order valence-electron chi connectivity index (χ2n) is 4.59. The molecule has 0 fully saturated rings. The van der Waals surface area contributed by atoms with E-state index in [0.29, 0.717) is 6.42 Å². The van der Waals surface area contributed by atoms with Crippen molar-refractivity contribution in [1.82, 2.24) is 0 Å². The molecule has 100 valence electrons. The molecule has 0 heterocycles. The lowest BCUT2D eigenvalue weighted by molar-refractivity contribution is -0.149. The van der Waals surface area contributed by atoms with Gasteiger partial charge in [-0.3, -0.25) is 4.79 Å². The first-order chi connectivity index (χ1) is 9.17. The van der Waals surface area contributed by atoms with Crippen molar-refractivity contribution in [3.05, 3.63) is 48.0 Å². The highest BCUT2D eigenvalue weighted by Gasteiger charge is 2.27. The highest BCUT2D eigenvalue weighted by atomic mass is 16.5. The maximum atomic E-state index is 11.6. The van der Waals surface area contributed by atoms with Crippen LogP contribution in [0.2, 0.25) is 0 Å². The molecule has 2 rings (SSSR count). The highest BCUT2D eigenvalue weighted by molar-refractivity contribution is 5.83. The molecule has 2 atom stereocenters. The molecule has 19 heavy (non-hydrogen) atoms. The van der Waals surface area contributed by atoms with Gasteiger partial charge in [0.15, 0.2) is 0 Å².